The topological polar surface area (TPSA) is 105 Å². The van der Waals surface area contributed by atoms with Gasteiger partial charge in [-0.3, -0.25) is 4.79 Å². The number of hydrogen-bond acceptors (Lipinski definition) is 7. The van der Waals surface area contributed by atoms with E-state index >= 15 is 0 Å². The molecule has 0 aliphatic carbocycles. The van der Waals surface area contributed by atoms with E-state index in [1.807, 2.05) is 30.0 Å². The number of nitrogens with zero attached hydrogens (tertiary/aromatic N) is 3. The van der Waals surface area contributed by atoms with Crippen LogP contribution in [0.5, 0.6) is 5.75 Å². The van der Waals surface area contributed by atoms with Crippen LogP contribution in [0.4, 0.5) is 5.88 Å². The van der Waals surface area contributed by atoms with Gasteiger partial charge >= 0.3 is 0 Å². The number of oxazole rings is 1. The van der Waals surface area contributed by atoms with Crippen molar-refractivity contribution >= 4 is 11.8 Å². The van der Waals surface area contributed by atoms with Gasteiger partial charge in [-0.1, -0.05) is 12.1 Å². The van der Waals surface area contributed by atoms with Crippen molar-refractivity contribution in [2.45, 2.75) is 26.3 Å². The summed E-state index contributed by atoms with van der Waals surface area (Å²) in [6.07, 6.45) is 2.87. The molecule has 0 bridgehead atoms. The molecule has 31 heavy (non-hydrogen) atoms. The van der Waals surface area contributed by atoms with Crippen LogP contribution < -0.4 is 15.0 Å². The van der Waals surface area contributed by atoms with Crippen LogP contribution in [0.15, 0.2) is 45.4 Å². The maximum Gasteiger partial charge on any atom is 0.266 e. The third kappa shape index (κ3) is 4.40. The number of piperidine rings is 1. The van der Waals surface area contributed by atoms with Crippen LogP contribution in [0.2, 0.25) is 0 Å². The number of benzene rings is 1. The molecule has 0 unspecified atom stereocenters. The van der Waals surface area contributed by atoms with Crippen molar-refractivity contribution in [1.29, 1.82) is 5.26 Å². The SMILES string of the molecule is COc1cc(CNC(=O)C2CCN(c3oc(-c4ccco4)nc3C#N)CC2)ccc1C. The molecule has 1 aliphatic rings. The molecule has 1 aliphatic heterocycles. The first-order chi connectivity index (χ1) is 15.1. The van der Waals surface area contributed by atoms with Gasteiger partial charge in [-0.25, -0.2) is 0 Å². The Morgan fingerprint density at radius 1 is 1.35 bits per heavy atom. The van der Waals surface area contributed by atoms with Gasteiger partial charge in [-0.15, -0.1) is 0 Å². The van der Waals surface area contributed by atoms with Crippen LogP contribution in [0.25, 0.3) is 11.7 Å². The first kappa shape index (κ1) is 20.5. The fraction of sp³-hybridized carbons (Fsp3) is 0.348. The van der Waals surface area contributed by atoms with E-state index in [0.717, 1.165) is 16.9 Å². The molecule has 3 aromatic rings. The number of carbonyl (C=O) groups is 1. The van der Waals surface area contributed by atoms with E-state index in [1.54, 1.807) is 19.2 Å². The molecule has 1 saturated heterocycles. The molecule has 160 valence electrons. The number of rotatable bonds is 6. The number of carbonyl (C=O) groups excluding carboxylic acids is 1. The van der Waals surface area contributed by atoms with Gasteiger partial charge < -0.3 is 23.8 Å². The number of amides is 1. The molecule has 2 aromatic heterocycles. The van der Waals surface area contributed by atoms with E-state index in [-0.39, 0.29) is 23.4 Å². The molecule has 3 heterocycles. The highest BCUT2D eigenvalue weighted by atomic mass is 16.5. The summed E-state index contributed by atoms with van der Waals surface area (Å²) in [5.74, 6) is 1.96. The van der Waals surface area contributed by atoms with Gasteiger partial charge in [0.25, 0.3) is 5.89 Å². The van der Waals surface area contributed by atoms with Crippen molar-refractivity contribution in [3.05, 3.63) is 53.4 Å². The van der Waals surface area contributed by atoms with Gasteiger partial charge in [0.2, 0.25) is 17.5 Å². The lowest BCUT2D eigenvalue weighted by molar-refractivity contribution is -0.125. The fourth-order valence-corrected chi connectivity index (χ4v) is 3.76. The Labute approximate surface area is 180 Å². The van der Waals surface area contributed by atoms with Crippen LogP contribution in [0.1, 0.15) is 29.7 Å². The molecular weight excluding hydrogens is 396 g/mol. The number of ether oxygens (including phenoxy) is 1. The molecule has 1 N–H and O–H groups in total. The minimum atomic E-state index is -0.0819. The van der Waals surface area contributed by atoms with Crippen LogP contribution in [0, 0.1) is 24.2 Å². The minimum absolute atomic E-state index is 0.0357. The van der Waals surface area contributed by atoms with E-state index in [9.17, 15) is 10.1 Å². The Kier molecular flexibility index (Phi) is 5.94. The number of anilines is 1. The zero-order chi connectivity index (χ0) is 21.8. The Morgan fingerprint density at radius 2 is 2.16 bits per heavy atom. The monoisotopic (exact) mass is 420 g/mol. The van der Waals surface area contributed by atoms with Gasteiger partial charge in [0, 0.05) is 25.6 Å². The molecule has 1 aromatic carbocycles. The van der Waals surface area contributed by atoms with Gasteiger partial charge in [-0.05, 0) is 49.1 Å². The van der Waals surface area contributed by atoms with E-state index in [2.05, 4.69) is 16.4 Å². The van der Waals surface area contributed by atoms with Gasteiger partial charge in [-0.2, -0.15) is 10.2 Å². The molecule has 0 saturated carbocycles. The quantitative estimate of drug-likeness (QED) is 0.649. The predicted molar refractivity (Wildman–Crippen MR) is 113 cm³/mol. The van der Waals surface area contributed by atoms with E-state index in [1.165, 1.54) is 6.26 Å². The zero-order valence-electron chi connectivity index (χ0n) is 17.6. The van der Waals surface area contributed by atoms with Crippen molar-refractivity contribution in [2.24, 2.45) is 5.92 Å². The third-order valence-corrected chi connectivity index (χ3v) is 5.54. The average molecular weight is 420 g/mol. The highest BCUT2D eigenvalue weighted by molar-refractivity contribution is 5.79. The van der Waals surface area contributed by atoms with Crippen LogP contribution >= 0.6 is 0 Å². The molecule has 4 rings (SSSR count). The summed E-state index contributed by atoms with van der Waals surface area (Å²) < 4.78 is 16.5. The lowest BCUT2D eigenvalue weighted by Crippen LogP contribution is -2.40. The predicted octanol–water partition coefficient (Wildman–Crippen LogP) is 3.66. The second-order valence-corrected chi connectivity index (χ2v) is 7.54. The summed E-state index contributed by atoms with van der Waals surface area (Å²) >= 11 is 0. The summed E-state index contributed by atoms with van der Waals surface area (Å²) in [6.45, 7) is 3.66. The third-order valence-electron chi connectivity index (χ3n) is 5.54. The van der Waals surface area contributed by atoms with E-state index in [4.69, 9.17) is 13.6 Å². The lowest BCUT2D eigenvalue weighted by Gasteiger charge is -2.31. The van der Waals surface area contributed by atoms with Crippen LogP contribution in [-0.4, -0.2) is 31.1 Å². The van der Waals surface area contributed by atoms with Gasteiger partial charge in [0.15, 0.2) is 5.76 Å². The molecular formula is C23H24N4O4. The van der Waals surface area contributed by atoms with Crippen molar-refractivity contribution < 1.29 is 18.4 Å². The zero-order valence-corrected chi connectivity index (χ0v) is 17.6. The Balaban J connectivity index is 1.34. The summed E-state index contributed by atoms with van der Waals surface area (Å²) in [5, 5.41) is 12.5. The second kappa shape index (κ2) is 8.96. The maximum atomic E-state index is 12.7. The van der Waals surface area contributed by atoms with Crippen LogP contribution in [0.3, 0.4) is 0 Å². The number of nitriles is 1. The highest BCUT2D eigenvalue weighted by Gasteiger charge is 2.29. The fourth-order valence-electron chi connectivity index (χ4n) is 3.76. The first-order valence-electron chi connectivity index (χ1n) is 10.2. The summed E-state index contributed by atoms with van der Waals surface area (Å²) in [5.41, 5.74) is 2.28. The Hall–Kier alpha value is -3.73. The van der Waals surface area contributed by atoms with E-state index in [0.29, 0.717) is 44.1 Å². The number of aromatic nitrogens is 1. The van der Waals surface area contributed by atoms with Crippen molar-refractivity contribution in [3.8, 4) is 23.5 Å². The minimum Gasteiger partial charge on any atom is -0.496 e. The Bertz CT molecular complexity index is 1090. The van der Waals surface area contributed by atoms with Gasteiger partial charge in [0.1, 0.15) is 11.8 Å². The molecule has 0 spiro atoms. The number of aryl methyl sites for hydroxylation is 1. The number of methoxy groups -OCH3 is 1. The normalized spacial score (nSPS) is 14.3. The molecule has 1 fully saturated rings. The smallest absolute Gasteiger partial charge is 0.266 e. The number of nitrogens with one attached hydrogen (secondary N) is 1. The van der Waals surface area contributed by atoms with Crippen molar-refractivity contribution in [2.75, 3.05) is 25.1 Å². The van der Waals surface area contributed by atoms with Gasteiger partial charge in [0.05, 0.1) is 13.4 Å². The number of furan rings is 1. The second-order valence-electron chi connectivity index (χ2n) is 7.54. The molecule has 1 amide bonds. The molecule has 0 atom stereocenters. The summed E-state index contributed by atoms with van der Waals surface area (Å²) in [7, 11) is 1.64. The standard InChI is InChI=1S/C23H24N4O4/c1-15-5-6-16(12-20(15)29-2)14-25-21(28)17-7-9-27(10-8-17)23-18(13-24)26-22(31-23)19-4-3-11-30-19/h3-6,11-12,17H,7-10,14H2,1-2H3,(H,25,28). The number of hydrogen-bond donors (Lipinski definition) is 1. The first-order valence-corrected chi connectivity index (χ1v) is 10.2. The average Bonchev–Trinajstić information content (AvgIpc) is 3.48. The molecule has 0 radical (unpaired) electrons. The highest BCUT2D eigenvalue weighted by Crippen LogP contribution is 2.31. The van der Waals surface area contributed by atoms with Crippen molar-refractivity contribution in [1.82, 2.24) is 10.3 Å². The van der Waals surface area contributed by atoms with E-state index < -0.39 is 0 Å². The van der Waals surface area contributed by atoms with Crippen molar-refractivity contribution in [3.63, 3.8) is 0 Å². The largest absolute Gasteiger partial charge is 0.496 e. The molecule has 8 nitrogen and oxygen atoms in total. The summed E-state index contributed by atoms with van der Waals surface area (Å²) in [4.78, 5) is 18.9. The lowest BCUT2D eigenvalue weighted by atomic mass is 9.96. The molecule has 8 heteroatoms. The van der Waals surface area contributed by atoms with Crippen LogP contribution in [-0.2, 0) is 11.3 Å². The maximum absolute atomic E-state index is 12.7. The Morgan fingerprint density at radius 3 is 2.84 bits per heavy atom. The summed E-state index contributed by atoms with van der Waals surface area (Å²) in [6, 6.07) is 11.5.